The van der Waals surface area contributed by atoms with Crippen molar-refractivity contribution in [3.63, 3.8) is 0 Å². The Balaban J connectivity index is 0.00000217. The minimum Gasteiger partial charge on any atom is -0.780 e. The summed E-state index contributed by atoms with van der Waals surface area (Å²) in [5.41, 5.74) is 5.09. The summed E-state index contributed by atoms with van der Waals surface area (Å²) in [6, 6.07) is 0. The molecule has 0 aliphatic carbocycles. The number of hydrogen-bond donors (Lipinski definition) is 3. The third-order valence-corrected chi connectivity index (χ3v) is 10.5. The van der Waals surface area contributed by atoms with Crippen molar-refractivity contribution in [1.82, 2.24) is 34.1 Å². The Morgan fingerprint density at radius 2 is 1.79 bits per heavy atom. The van der Waals surface area contributed by atoms with Gasteiger partial charge in [0.2, 0.25) is 0 Å². The zero-order valence-corrected chi connectivity index (χ0v) is 31.6. The Morgan fingerprint density at radius 3 is 2.55 bits per heavy atom. The van der Waals surface area contributed by atoms with Crippen molar-refractivity contribution in [1.29, 1.82) is 0 Å². The molecule has 4 aromatic rings. The maximum atomic E-state index is 16.0. The maximum Gasteiger partial charge on any atom is 1.00 e. The number of nitrogens with zero attached hydrogens (tertiary/aromatic N) is 6. The third-order valence-electron chi connectivity index (χ3n) is 7.38. The van der Waals surface area contributed by atoms with E-state index >= 15 is 4.39 Å². The Hall–Kier alpha value is -0.460. The molecule has 0 aromatic carbocycles. The molecule has 10 atom stereocenters. The molecule has 4 aromatic heterocycles. The molecule has 4 N–H and O–H groups in total. The van der Waals surface area contributed by atoms with Crippen LogP contribution in [0.5, 0.6) is 0 Å². The van der Waals surface area contributed by atoms with Crippen LogP contribution in [0.4, 0.5) is 14.6 Å². The van der Waals surface area contributed by atoms with Gasteiger partial charge in [-0.3, -0.25) is 13.9 Å². The summed E-state index contributed by atoms with van der Waals surface area (Å²) in [5.74, 6) is -0.955. The molecule has 3 saturated heterocycles. The number of aliphatic hydroxyl groups is 1. The van der Waals surface area contributed by atoms with E-state index in [2.05, 4.69) is 24.9 Å². The van der Waals surface area contributed by atoms with Gasteiger partial charge in [-0.25, -0.2) is 28.7 Å². The minimum atomic E-state index is -4.59. The minimum absolute atomic E-state index is 0. The van der Waals surface area contributed by atoms with E-state index in [0.717, 1.165) is 23.4 Å². The SMILES string of the molecule is Nc1ncnc2c1ncn2[C@@H]1O[C@@H]2COP([O-])(=S)O[C@H]3C(O)[C@@H](COP(=O)([S-])OC2[C@@H]1F)O[C@H]3n1cc(F)c2c(=O)[nH]cnc21.[Na+].[Na+]. The van der Waals surface area contributed by atoms with E-state index in [0.29, 0.717) is 0 Å². The smallest absolute Gasteiger partial charge is 0.780 e. The van der Waals surface area contributed by atoms with E-state index in [4.69, 9.17) is 57.4 Å². The van der Waals surface area contributed by atoms with Gasteiger partial charge in [0.1, 0.15) is 54.5 Å². The zero-order chi connectivity index (χ0) is 31.8. The number of aromatic amines is 1. The van der Waals surface area contributed by atoms with Gasteiger partial charge in [-0.1, -0.05) is 11.8 Å². The summed E-state index contributed by atoms with van der Waals surface area (Å²) >= 11 is 10.1. The number of nitrogen functional groups attached to an aromatic ring is 1. The molecule has 7 heterocycles. The first-order valence-corrected chi connectivity index (χ1v) is 18.0. The zero-order valence-electron chi connectivity index (χ0n) is 24.2. The molecule has 26 heteroatoms. The molecular weight excluding hydrogens is 734 g/mol. The molecule has 3 aliphatic heterocycles. The van der Waals surface area contributed by atoms with Gasteiger partial charge in [-0.2, -0.15) is 0 Å². The molecule has 0 spiro atoms. The molecule has 242 valence electrons. The first-order valence-electron chi connectivity index (χ1n) is 12.9. The van der Waals surface area contributed by atoms with Crippen LogP contribution in [0.25, 0.3) is 22.2 Å². The monoisotopic (exact) mass is 754 g/mol. The van der Waals surface area contributed by atoms with E-state index in [1.807, 2.05) is 0 Å². The average molecular weight is 754 g/mol. The van der Waals surface area contributed by atoms with Crippen molar-refractivity contribution in [3.8, 4) is 0 Å². The fourth-order valence-corrected chi connectivity index (χ4v) is 8.18. The second-order valence-corrected chi connectivity index (χ2v) is 15.5. The standard InChI is InChI=1S/C21H22F2N8O10P2S2.2Na/c22-7-1-30(17-10(7)19(33)28-5-26-17)21-15-13(32)8(38-21)2-36-42(34,44)40-14-9(3-37-43(35,45)41-15)39-20(11(14)23)31-6-29-12-16(24)25-4-27-18(12)31;;/h1,4-6,8-9,11,13-15,20-21,32H,2-3H2,(H,34,44)(H,35,45)(H2,24,25,27)(H,26,28,33);;/q;2*+1/p-2/t8-,9-,11+,13?,14?,15+,20-,21-,42?,43?;;/m1../s1. The number of anilines is 1. The number of aromatic nitrogens is 7. The summed E-state index contributed by atoms with van der Waals surface area (Å²) in [6.45, 7) is -10.6. The Bertz CT molecular complexity index is 1960. The van der Waals surface area contributed by atoms with E-state index in [-0.39, 0.29) is 81.7 Å². The van der Waals surface area contributed by atoms with Crippen LogP contribution in [0.3, 0.4) is 0 Å². The van der Waals surface area contributed by atoms with Crippen LogP contribution in [0, 0.1) is 5.82 Å². The van der Waals surface area contributed by atoms with Crippen LogP contribution in [0.1, 0.15) is 12.5 Å². The van der Waals surface area contributed by atoms with E-state index in [1.54, 1.807) is 0 Å². The third kappa shape index (κ3) is 7.07. The van der Waals surface area contributed by atoms with Crippen molar-refractivity contribution >= 4 is 65.6 Å². The molecular formula is C21H20F2N8Na2O10P2S2. The van der Waals surface area contributed by atoms with Crippen molar-refractivity contribution in [2.45, 2.75) is 49.1 Å². The number of halogens is 2. The summed E-state index contributed by atoms with van der Waals surface area (Å²) in [4.78, 5) is 43.8. The number of H-pyrrole nitrogens is 1. The predicted molar refractivity (Wildman–Crippen MR) is 150 cm³/mol. The van der Waals surface area contributed by atoms with Crippen molar-refractivity contribution < 1.29 is 110 Å². The van der Waals surface area contributed by atoms with Gasteiger partial charge < -0.3 is 65.1 Å². The van der Waals surface area contributed by atoms with Gasteiger partial charge in [-0.05, 0) is 0 Å². The van der Waals surface area contributed by atoms with Crippen LogP contribution in [0.15, 0.2) is 30.0 Å². The van der Waals surface area contributed by atoms with Gasteiger partial charge in [0.05, 0.1) is 25.9 Å². The van der Waals surface area contributed by atoms with Crippen LogP contribution >= 0.6 is 13.5 Å². The van der Waals surface area contributed by atoms with Gasteiger partial charge in [0.15, 0.2) is 48.4 Å². The molecule has 2 bridgehead atoms. The first-order chi connectivity index (χ1) is 21.3. The largest absolute Gasteiger partial charge is 1.00 e. The maximum absolute atomic E-state index is 16.0. The molecule has 0 saturated carbocycles. The van der Waals surface area contributed by atoms with Crippen molar-refractivity contribution in [3.05, 3.63) is 41.3 Å². The van der Waals surface area contributed by atoms with Crippen LogP contribution < -0.4 is 75.3 Å². The fourth-order valence-electron chi connectivity index (χ4n) is 5.36. The first kappa shape index (κ1) is 37.8. The van der Waals surface area contributed by atoms with E-state index in [1.165, 1.54) is 10.9 Å². The average Bonchev–Trinajstić information content (AvgIpc) is 3.71. The molecule has 47 heavy (non-hydrogen) atoms. The number of aliphatic hydroxyl groups excluding tert-OH is 1. The second kappa shape index (κ2) is 14.3. The molecule has 3 fully saturated rings. The summed E-state index contributed by atoms with van der Waals surface area (Å²) < 4.78 is 79.5. The van der Waals surface area contributed by atoms with E-state index < -0.39 is 92.6 Å². The number of alkyl halides is 1. The normalized spacial score (nSPS) is 36.1. The number of ether oxygens (including phenoxy) is 2. The van der Waals surface area contributed by atoms with Gasteiger partial charge >= 0.3 is 59.1 Å². The fraction of sp³-hybridized carbons (Fsp3) is 0.476. The Morgan fingerprint density at radius 1 is 1.06 bits per heavy atom. The van der Waals surface area contributed by atoms with Crippen LogP contribution in [-0.4, -0.2) is 89.1 Å². The number of hydrogen-bond acceptors (Lipinski definition) is 17. The van der Waals surface area contributed by atoms with Gasteiger partial charge in [0, 0.05) is 6.20 Å². The summed E-state index contributed by atoms with van der Waals surface area (Å²) in [6.07, 6.45) is -8.76. The number of nitrogens with two attached hydrogens (primary N) is 1. The van der Waals surface area contributed by atoms with Crippen LogP contribution in [0.2, 0.25) is 0 Å². The van der Waals surface area contributed by atoms with Gasteiger partial charge in [0.25, 0.3) is 5.56 Å². The van der Waals surface area contributed by atoms with Crippen molar-refractivity contribution in [2.75, 3.05) is 18.9 Å². The Labute approximate surface area is 316 Å². The van der Waals surface area contributed by atoms with Gasteiger partial charge in [-0.15, -0.1) is 0 Å². The number of imidazole rings is 1. The predicted octanol–water partition coefficient (Wildman–Crippen LogP) is -6.16. The molecule has 4 unspecified atom stereocenters. The molecule has 3 aliphatic rings. The second-order valence-electron chi connectivity index (χ2n) is 10.1. The van der Waals surface area contributed by atoms with E-state index in [9.17, 15) is 23.7 Å². The summed E-state index contributed by atoms with van der Waals surface area (Å²) in [7, 11) is 0. The quantitative estimate of drug-likeness (QED) is 0.0981. The van der Waals surface area contributed by atoms with Crippen LogP contribution in [-0.2, 0) is 56.2 Å². The number of rotatable bonds is 2. The topological polar surface area (TPSA) is 236 Å². The Kier molecular flexibility index (Phi) is 11.5. The number of fused-ring (bicyclic) bond motifs is 5. The molecule has 0 amide bonds. The van der Waals surface area contributed by atoms with Crippen molar-refractivity contribution in [2.24, 2.45) is 0 Å². The molecule has 0 radical (unpaired) electrons. The molecule has 7 rings (SSSR count). The summed E-state index contributed by atoms with van der Waals surface area (Å²) in [5, 5.41) is 10.6. The molecule has 18 nitrogen and oxygen atoms in total. The number of nitrogens with one attached hydrogen (secondary N) is 1.